The van der Waals surface area contributed by atoms with Crippen molar-refractivity contribution in [3.63, 3.8) is 0 Å². The summed E-state index contributed by atoms with van der Waals surface area (Å²) < 4.78 is 97.8. The molecule has 0 bridgehead atoms. The minimum atomic E-state index is -0.561. The summed E-state index contributed by atoms with van der Waals surface area (Å²) in [5.74, 6) is 2.21. The number of hydrogen-bond donors (Lipinski definition) is 0. The molecule has 0 saturated carbocycles. The van der Waals surface area contributed by atoms with Crippen molar-refractivity contribution in [3.8, 4) is 50.9 Å². The summed E-state index contributed by atoms with van der Waals surface area (Å²) in [6.07, 6.45) is 8.51. The predicted octanol–water partition coefficient (Wildman–Crippen LogP) is 13.6. The van der Waals surface area contributed by atoms with E-state index in [1.165, 1.54) is 15.7 Å². The Balaban J connectivity index is 1.15. The number of benzene rings is 6. The van der Waals surface area contributed by atoms with Crippen molar-refractivity contribution in [2.45, 2.75) is 59.8 Å². The normalized spacial score (nSPS) is 15.0. The molecular formula is C54H50N4O. The highest BCUT2D eigenvalue weighted by Crippen LogP contribution is 2.40. The summed E-state index contributed by atoms with van der Waals surface area (Å²) >= 11 is 0. The molecule has 0 radical (unpaired) electrons. The molecule has 3 aromatic heterocycles. The second kappa shape index (κ2) is 14.9. The lowest BCUT2D eigenvalue weighted by Crippen LogP contribution is -2.30. The van der Waals surface area contributed by atoms with Crippen LogP contribution in [-0.2, 0) is 5.41 Å². The lowest BCUT2D eigenvalue weighted by atomic mass is 9.78. The van der Waals surface area contributed by atoms with Gasteiger partial charge in [-0.05, 0) is 105 Å². The highest BCUT2D eigenvalue weighted by molar-refractivity contribution is 6.09. The van der Waals surface area contributed by atoms with Crippen LogP contribution in [0.5, 0.6) is 11.5 Å². The van der Waals surface area contributed by atoms with E-state index in [2.05, 4.69) is 95.8 Å². The molecule has 0 aliphatic heterocycles. The van der Waals surface area contributed by atoms with E-state index in [1.54, 1.807) is 35.2 Å². The molecular weight excluding hydrogens is 721 g/mol. The van der Waals surface area contributed by atoms with Crippen LogP contribution in [0.25, 0.3) is 61.3 Å². The Morgan fingerprint density at radius 3 is 2.05 bits per heavy atom. The number of fused-ring (bicyclic) bond motifs is 3. The van der Waals surface area contributed by atoms with Crippen molar-refractivity contribution in [3.05, 3.63) is 187 Å². The lowest BCUT2D eigenvalue weighted by Gasteiger charge is -2.27. The maximum absolute atomic E-state index is 8.87. The van der Waals surface area contributed by atoms with Crippen LogP contribution >= 0.6 is 0 Å². The van der Waals surface area contributed by atoms with E-state index in [0.717, 1.165) is 27.6 Å². The fourth-order valence-electron chi connectivity index (χ4n) is 7.50. The number of pyridine rings is 1. The van der Waals surface area contributed by atoms with E-state index in [0.29, 0.717) is 17.2 Å². The first kappa shape index (κ1) is 27.8. The second-order valence-corrected chi connectivity index (χ2v) is 17.0. The van der Waals surface area contributed by atoms with Crippen molar-refractivity contribution in [2.24, 2.45) is 5.41 Å². The monoisotopic (exact) mass is 780 g/mol. The minimum absolute atomic E-state index is 0.0466. The third-order valence-corrected chi connectivity index (χ3v) is 11.1. The van der Waals surface area contributed by atoms with Crippen LogP contribution in [0.2, 0.25) is 0 Å². The third-order valence-electron chi connectivity index (χ3n) is 11.1. The van der Waals surface area contributed by atoms with Gasteiger partial charge in [0.25, 0.3) is 6.33 Å². The number of ether oxygens (including phenoxy) is 1. The van der Waals surface area contributed by atoms with E-state index in [4.69, 9.17) is 23.4 Å². The van der Waals surface area contributed by atoms with Gasteiger partial charge in [-0.15, -0.1) is 0 Å². The van der Waals surface area contributed by atoms with Crippen molar-refractivity contribution < 1.29 is 23.0 Å². The summed E-state index contributed by atoms with van der Waals surface area (Å²) in [6, 6.07) is 24.0. The topological polar surface area (TPSA) is 35.9 Å². The molecule has 0 fully saturated rings. The van der Waals surface area contributed by atoms with E-state index >= 15 is 0 Å². The Kier molecular flexibility index (Phi) is 7.03. The zero-order valence-electron chi connectivity index (χ0n) is 44.2. The second-order valence-electron chi connectivity index (χ2n) is 17.0. The number of hydrogen-bond acceptors (Lipinski definition) is 2. The number of imidazole rings is 1. The first-order valence-electron chi connectivity index (χ1n) is 24.7. The fourth-order valence-corrected chi connectivity index (χ4v) is 7.50. The Bertz CT molecular complexity index is 3400. The largest absolute Gasteiger partial charge is 0.458 e. The van der Waals surface area contributed by atoms with Gasteiger partial charge in [-0.2, -0.15) is 0 Å². The Morgan fingerprint density at radius 2 is 1.37 bits per heavy atom. The van der Waals surface area contributed by atoms with E-state index < -0.39 is 60.4 Å². The van der Waals surface area contributed by atoms with Crippen molar-refractivity contribution >= 4 is 21.8 Å². The molecule has 1 atom stereocenters. The lowest BCUT2D eigenvalue weighted by molar-refractivity contribution is -0.598. The smallest absolute Gasteiger partial charge is 0.268 e. The van der Waals surface area contributed by atoms with E-state index in [9.17, 15) is 0 Å². The van der Waals surface area contributed by atoms with Crippen LogP contribution in [0.4, 0.5) is 0 Å². The molecule has 59 heavy (non-hydrogen) atoms. The standard InChI is InChI=1S/C54H50N4O/c1-37(53(2,3)4)40-28-29-55-51(32-40)58-49-27-24-41(54(5,6)7)33-48(49)47-26-25-44(35-50(47)58)59-43-21-14-20-42(34-43)56-30-31-57(36-56)52-45(38-16-10-8-11-17-38)22-15-23-46(52)39-18-12-9-13-19-39/h8-35,37H,1-7H3/i8D,9D,10D,11D,12D,13D,16D,17D,18D,19D. The van der Waals surface area contributed by atoms with Crippen molar-refractivity contribution in [2.75, 3.05) is 0 Å². The van der Waals surface area contributed by atoms with Crippen LogP contribution in [0.3, 0.4) is 0 Å². The molecule has 6 aromatic carbocycles. The van der Waals surface area contributed by atoms with Crippen LogP contribution in [0.15, 0.2) is 170 Å². The fraction of sp³-hybridized carbons (Fsp3) is 0.185. The van der Waals surface area contributed by atoms with Gasteiger partial charge in [0.1, 0.15) is 17.3 Å². The van der Waals surface area contributed by atoms with Crippen LogP contribution in [0.1, 0.15) is 79.2 Å². The van der Waals surface area contributed by atoms with Crippen LogP contribution in [-0.4, -0.2) is 14.1 Å². The number of rotatable bonds is 8. The highest BCUT2D eigenvalue weighted by Gasteiger charge is 2.24. The maximum atomic E-state index is 8.87. The van der Waals surface area contributed by atoms with Gasteiger partial charge in [-0.1, -0.05) is 139 Å². The highest BCUT2D eigenvalue weighted by atomic mass is 16.5. The Hall–Kier alpha value is -6.72. The summed E-state index contributed by atoms with van der Waals surface area (Å²) in [4.78, 5) is 4.91. The summed E-state index contributed by atoms with van der Waals surface area (Å²) in [5, 5.41) is 2.17. The zero-order valence-corrected chi connectivity index (χ0v) is 34.2. The average molecular weight is 781 g/mol. The quantitative estimate of drug-likeness (QED) is 0.114. The van der Waals surface area contributed by atoms with E-state index in [1.807, 2.05) is 42.6 Å². The molecule has 5 heteroatoms. The van der Waals surface area contributed by atoms with Gasteiger partial charge >= 0.3 is 0 Å². The summed E-state index contributed by atoms with van der Waals surface area (Å²) in [7, 11) is 0. The van der Waals surface area contributed by atoms with Gasteiger partial charge in [0.15, 0.2) is 0 Å². The SMILES string of the molecule is [2H]c1c([2H])c([2H])c(-c2cccc(-c3c([2H])c([2H])c([2H])c([2H])c3[2H])c2-[n+]2[c-]n(-c3cccc(Oc4ccc5c6cc(C(C)(C)C)ccc6n(-c6cc(C(C)C(C)(C)C)ccn6)c5c4)c3)cc2)c([2H])c1[2H]. The van der Waals surface area contributed by atoms with Gasteiger partial charge < -0.3 is 4.74 Å². The molecule has 292 valence electrons. The average Bonchev–Trinajstić information content (AvgIpc) is 3.94. The predicted molar refractivity (Wildman–Crippen MR) is 242 cm³/mol. The molecule has 0 aliphatic carbocycles. The van der Waals surface area contributed by atoms with E-state index in [-0.39, 0.29) is 44.7 Å². The first-order chi connectivity index (χ1) is 32.6. The molecule has 1 unspecified atom stereocenters. The van der Waals surface area contributed by atoms with Crippen molar-refractivity contribution in [1.82, 2.24) is 14.1 Å². The number of aromatic nitrogens is 4. The zero-order chi connectivity index (χ0) is 49.6. The number of para-hydroxylation sites is 1. The van der Waals surface area contributed by atoms with Gasteiger partial charge in [0.2, 0.25) is 0 Å². The van der Waals surface area contributed by atoms with Gasteiger partial charge in [0, 0.05) is 35.4 Å². The summed E-state index contributed by atoms with van der Waals surface area (Å²) in [6.45, 7) is 15.6. The Labute approximate surface area is 361 Å². The molecule has 0 aliphatic rings. The van der Waals surface area contributed by atoms with Crippen molar-refractivity contribution in [1.29, 1.82) is 0 Å². The molecule has 5 nitrogen and oxygen atoms in total. The van der Waals surface area contributed by atoms with Crippen LogP contribution in [0, 0.1) is 11.7 Å². The minimum Gasteiger partial charge on any atom is -0.458 e. The van der Waals surface area contributed by atoms with Gasteiger partial charge in [0.05, 0.1) is 36.1 Å². The molecule has 9 rings (SSSR count). The Morgan fingerprint density at radius 1 is 0.695 bits per heavy atom. The third kappa shape index (κ3) is 7.34. The summed E-state index contributed by atoms with van der Waals surface area (Å²) in [5.41, 5.74) is 5.28. The van der Waals surface area contributed by atoms with Crippen LogP contribution < -0.4 is 9.30 Å². The molecule has 0 amide bonds. The number of nitrogens with zero attached hydrogens (tertiary/aromatic N) is 4. The van der Waals surface area contributed by atoms with Gasteiger partial charge in [-0.3, -0.25) is 13.7 Å². The molecule has 9 aromatic rings. The first-order valence-corrected chi connectivity index (χ1v) is 19.7. The van der Waals surface area contributed by atoms with Gasteiger partial charge in [-0.25, -0.2) is 4.98 Å². The molecule has 3 heterocycles. The maximum Gasteiger partial charge on any atom is 0.268 e. The molecule has 0 spiro atoms. The molecule has 0 N–H and O–H groups in total. The molecule has 0 saturated heterocycles.